The minimum Gasteiger partial charge on any atom is -0.380 e. The Morgan fingerprint density at radius 1 is 0.733 bits per heavy atom. The van der Waals surface area contributed by atoms with Gasteiger partial charge in [0.25, 0.3) is 0 Å². The van der Waals surface area contributed by atoms with Crippen LogP contribution in [0.5, 0.6) is 0 Å². The van der Waals surface area contributed by atoms with E-state index in [0.29, 0.717) is 19.4 Å². The Hall–Kier alpha value is -0.973. The van der Waals surface area contributed by atoms with Crippen LogP contribution in [0.25, 0.3) is 0 Å². The topological polar surface area (TPSA) is 20.2 Å². The first-order valence-corrected chi connectivity index (χ1v) is 12.4. The van der Waals surface area contributed by atoms with E-state index in [9.17, 15) is 44.6 Å². The fourth-order valence-electron chi connectivity index (χ4n) is 2.61. The molecule has 0 aromatic rings. The summed E-state index contributed by atoms with van der Waals surface area (Å²) in [4.78, 5) is 0. The second-order valence-corrected chi connectivity index (χ2v) is 12.5. The lowest BCUT2D eigenvalue weighted by Gasteiger charge is -2.33. The Balaban J connectivity index is 5.63. The van der Waals surface area contributed by atoms with Crippen LogP contribution in [0.2, 0.25) is 12.6 Å². The van der Waals surface area contributed by atoms with Crippen molar-refractivity contribution in [3.05, 3.63) is 23.6 Å². The zero-order chi connectivity index (χ0) is 24.1. The van der Waals surface area contributed by atoms with E-state index < -0.39 is 50.5 Å². The number of hydrogen-bond acceptors (Lipinski definition) is 1. The van der Waals surface area contributed by atoms with Crippen molar-refractivity contribution >= 4 is 8.07 Å². The quantitative estimate of drug-likeness (QED) is 0.197. The van der Waals surface area contributed by atoms with E-state index >= 15 is 0 Å². The zero-order valence-corrected chi connectivity index (χ0v) is 18.4. The van der Waals surface area contributed by atoms with Crippen molar-refractivity contribution in [2.75, 3.05) is 0 Å². The summed E-state index contributed by atoms with van der Waals surface area (Å²) in [5.74, 6) is 0. The first-order valence-electron chi connectivity index (χ1n) is 9.50. The molecule has 11 heteroatoms. The average molecular weight is 473 g/mol. The molecule has 178 valence electrons. The molecule has 0 rings (SSSR count). The minimum atomic E-state index is -5.50. The van der Waals surface area contributed by atoms with Gasteiger partial charge in [-0.3, -0.25) is 0 Å². The highest BCUT2D eigenvalue weighted by Gasteiger charge is 2.66. The Morgan fingerprint density at radius 3 is 1.53 bits per heavy atom. The summed E-state index contributed by atoms with van der Waals surface area (Å²) >= 11 is 0. The molecule has 1 N–H and O–H groups in total. The van der Waals surface area contributed by atoms with Crippen molar-refractivity contribution < 1.29 is 44.6 Å². The van der Waals surface area contributed by atoms with E-state index in [-0.39, 0.29) is 6.92 Å². The number of unbranched alkanes of at least 4 members (excludes halogenated alkanes) is 2. The molecule has 0 heterocycles. The molecule has 0 fully saturated rings. The largest absolute Gasteiger partial charge is 0.417 e. The molecule has 2 atom stereocenters. The van der Waals surface area contributed by atoms with Gasteiger partial charge in [-0.25, -0.2) is 0 Å². The molecule has 0 saturated carbocycles. The Bertz CT molecular complexity index is 574. The second-order valence-electron chi connectivity index (χ2n) is 8.28. The SMILES string of the molecule is CCCCC[Si](C)(/C=C/CC(C)(O)C(F)(F)F)/C=C/CC(C)(C(F)(F)F)C(F)(F)F. The van der Waals surface area contributed by atoms with Crippen molar-refractivity contribution in [2.24, 2.45) is 5.41 Å². The fourth-order valence-corrected chi connectivity index (χ4v) is 5.38. The summed E-state index contributed by atoms with van der Waals surface area (Å²) in [5, 5.41) is 9.49. The monoisotopic (exact) mass is 472 g/mol. The van der Waals surface area contributed by atoms with E-state index in [0.717, 1.165) is 25.0 Å². The van der Waals surface area contributed by atoms with Crippen LogP contribution in [-0.4, -0.2) is 37.3 Å². The number of hydrogen-bond donors (Lipinski definition) is 1. The van der Waals surface area contributed by atoms with Crippen LogP contribution in [-0.2, 0) is 0 Å². The van der Waals surface area contributed by atoms with Crippen LogP contribution in [0.4, 0.5) is 39.5 Å². The molecule has 1 nitrogen and oxygen atoms in total. The van der Waals surface area contributed by atoms with Crippen molar-refractivity contribution in [2.45, 2.75) is 89.6 Å². The van der Waals surface area contributed by atoms with Crippen LogP contribution < -0.4 is 0 Å². The first-order chi connectivity index (χ1) is 13.2. The first kappa shape index (κ1) is 29.0. The Labute approximate surface area is 172 Å². The summed E-state index contributed by atoms with van der Waals surface area (Å²) in [5.41, 5.74) is -4.16. The molecule has 0 saturated heterocycles. The molecular formula is C19H29F9OSi. The predicted molar refractivity (Wildman–Crippen MR) is 100 cm³/mol. The Morgan fingerprint density at radius 2 is 1.17 bits per heavy atom. The van der Waals surface area contributed by atoms with Crippen molar-refractivity contribution in [3.63, 3.8) is 0 Å². The van der Waals surface area contributed by atoms with Gasteiger partial charge < -0.3 is 5.11 Å². The zero-order valence-electron chi connectivity index (χ0n) is 17.4. The summed E-state index contributed by atoms with van der Waals surface area (Å²) in [7, 11) is -2.74. The van der Waals surface area contributed by atoms with Gasteiger partial charge in [0.1, 0.15) is 0 Å². The van der Waals surface area contributed by atoms with Crippen molar-refractivity contribution in [1.82, 2.24) is 0 Å². The third-order valence-electron chi connectivity index (χ3n) is 5.22. The second kappa shape index (κ2) is 10.1. The number of alkyl halides is 9. The predicted octanol–water partition coefficient (Wildman–Crippen LogP) is 7.67. The summed E-state index contributed by atoms with van der Waals surface area (Å²) in [6.07, 6.45) is -13.8. The minimum absolute atomic E-state index is 0.0870. The summed E-state index contributed by atoms with van der Waals surface area (Å²) in [6, 6.07) is 0.455. The molecule has 0 aliphatic heterocycles. The van der Waals surface area contributed by atoms with Crippen molar-refractivity contribution in [3.8, 4) is 0 Å². The molecular weight excluding hydrogens is 443 g/mol. The molecule has 0 aromatic carbocycles. The van der Waals surface area contributed by atoms with Crippen LogP contribution in [0.15, 0.2) is 23.6 Å². The van der Waals surface area contributed by atoms with Crippen LogP contribution in [0, 0.1) is 5.41 Å². The molecule has 0 spiro atoms. The van der Waals surface area contributed by atoms with Gasteiger partial charge in [0.2, 0.25) is 0 Å². The maximum Gasteiger partial charge on any atom is 0.417 e. The maximum atomic E-state index is 13.0. The molecule has 0 bridgehead atoms. The molecule has 0 aromatic heterocycles. The third-order valence-corrected chi connectivity index (χ3v) is 8.64. The van der Waals surface area contributed by atoms with E-state index in [4.69, 9.17) is 0 Å². The molecule has 0 amide bonds. The highest BCUT2D eigenvalue weighted by atomic mass is 28.3. The van der Waals surface area contributed by atoms with Gasteiger partial charge in [-0.05, 0) is 20.3 Å². The van der Waals surface area contributed by atoms with E-state index in [2.05, 4.69) is 0 Å². The molecule has 0 aliphatic carbocycles. The molecule has 30 heavy (non-hydrogen) atoms. The number of allylic oxidation sites excluding steroid dienone is 1. The number of rotatable bonds is 10. The van der Waals surface area contributed by atoms with E-state index in [1.165, 1.54) is 11.4 Å². The smallest absolute Gasteiger partial charge is 0.380 e. The van der Waals surface area contributed by atoms with Gasteiger partial charge in [-0.2, -0.15) is 39.5 Å². The highest BCUT2D eigenvalue weighted by Crippen LogP contribution is 2.52. The average Bonchev–Trinajstić information content (AvgIpc) is 2.51. The van der Waals surface area contributed by atoms with Crippen LogP contribution in [0.1, 0.15) is 52.9 Å². The number of aliphatic hydroxyl groups is 1. The van der Waals surface area contributed by atoms with E-state index in [1.54, 1.807) is 6.55 Å². The summed E-state index contributed by atoms with van der Waals surface area (Å²) in [6.45, 7) is 4.24. The molecule has 0 aliphatic rings. The maximum absolute atomic E-state index is 13.0. The normalized spacial score (nSPS) is 18.7. The standard InChI is InChI=1S/C19H29F9OSi/c1-5-6-7-12-30(4,14-9-11-16(3,29)19(26,27)28)13-8-10-15(2,17(20,21)22)18(23,24)25/h8-9,13-14,29H,5-7,10-12H2,1-4H3/b13-8+,14-9+. The molecule has 2 unspecified atom stereocenters. The van der Waals surface area contributed by atoms with Crippen LogP contribution >= 0.6 is 0 Å². The lowest BCUT2D eigenvalue weighted by molar-refractivity contribution is -0.333. The lowest BCUT2D eigenvalue weighted by Crippen LogP contribution is -2.47. The Kier molecular flexibility index (Phi) is 9.77. The van der Waals surface area contributed by atoms with Gasteiger partial charge in [0, 0.05) is 6.42 Å². The lowest BCUT2D eigenvalue weighted by atomic mass is 9.85. The van der Waals surface area contributed by atoms with Gasteiger partial charge >= 0.3 is 18.5 Å². The van der Waals surface area contributed by atoms with Crippen molar-refractivity contribution in [1.29, 1.82) is 0 Å². The third kappa shape index (κ3) is 7.94. The van der Waals surface area contributed by atoms with Gasteiger partial charge in [0.05, 0.1) is 8.07 Å². The summed E-state index contributed by atoms with van der Waals surface area (Å²) < 4.78 is 116. The number of halogens is 9. The van der Waals surface area contributed by atoms with Gasteiger partial charge in [-0.1, -0.05) is 62.3 Å². The van der Waals surface area contributed by atoms with Gasteiger partial charge in [-0.15, -0.1) is 0 Å². The van der Waals surface area contributed by atoms with Gasteiger partial charge in [0.15, 0.2) is 11.0 Å². The van der Waals surface area contributed by atoms with Crippen LogP contribution in [0.3, 0.4) is 0 Å². The highest BCUT2D eigenvalue weighted by molar-refractivity contribution is 6.87. The fraction of sp³-hybridized carbons (Fsp3) is 0.789. The molecule has 0 radical (unpaired) electrons. The van der Waals surface area contributed by atoms with E-state index in [1.807, 2.05) is 6.92 Å².